The van der Waals surface area contributed by atoms with Crippen molar-refractivity contribution < 1.29 is 9.72 Å². The van der Waals surface area contributed by atoms with Gasteiger partial charge in [0.15, 0.2) is 5.56 Å². The van der Waals surface area contributed by atoms with Gasteiger partial charge in [-0.3, -0.25) is 5.73 Å². The molecule has 1 aliphatic rings. The highest BCUT2D eigenvalue weighted by Crippen LogP contribution is 2.52. The van der Waals surface area contributed by atoms with E-state index in [1.54, 1.807) is 0 Å². The van der Waals surface area contributed by atoms with Crippen molar-refractivity contribution in [2.75, 3.05) is 11.5 Å². The zero-order valence-electron chi connectivity index (χ0n) is 15.2. The van der Waals surface area contributed by atoms with Crippen molar-refractivity contribution in [3.63, 3.8) is 0 Å². The maximum absolute atomic E-state index is 9.55. The van der Waals surface area contributed by atoms with E-state index in [9.17, 15) is 5.26 Å². The number of rotatable bonds is 1. The van der Waals surface area contributed by atoms with Crippen LogP contribution < -0.4 is 21.2 Å². The minimum Gasteiger partial charge on any atom is -0.422 e. The smallest absolute Gasteiger partial charge is 0.294 e. The topological polar surface area (TPSA) is 99.2 Å². The van der Waals surface area contributed by atoms with Gasteiger partial charge in [-0.1, -0.05) is 66.2 Å². The first kappa shape index (κ1) is 17.4. The number of aromatic nitrogens is 1. The van der Waals surface area contributed by atoms with Gasteiger partial charge in [0.25, 0.3) is 11.7 Å². The van der Waals surface area contributed by atoms with Crippen LogP contribution in [-0.4, -0.2) is 0 Å². The molecule has 0 spiro atoms. The Bertz CT molecular complexity index is 1340. The van der Waals surface area contributed by atoms with E-state index in [4.69, 9.17) is 27.8 Å². The molecule has 140 valence electrons. The lowest BCUT2D eigenvalue weighted by atomic mass is 9.81. The minimum atomic E-state index is -0.309. The second-order valence-electron chi connectivity index (χ2n) is 6.94. The lowest BCUT2D eigenvalue weighted by molar-refractivity contribution is -0.375. The number of hydrogen-bond acceptors (Lipinski definition) is 4. The van der Waals surface area contributed by atoms with Gasteiger partial charge in [-0.2, -0.15) is 5.26 Å². The molecule has 3 aromatic carbocycles. The van der Waals surface area contributed by atoms with Crippen LogP contribution >= 0.6 is 11.6 Å². The number of ether oxygens (including phenoxy) is 1. The molecular formula is C23H16ClN4O+. The van der Waals surface area contributed by atoms with Crippen LogP contribution in [-0.2, 0) is 0 Å². The monoisotopic (exact) mass is 399 g/mol. The number of pyridine rings is 1. The van der Waals surface area contributed by atoms with Crippen LogP contribution in [0, 0.1) is 11.3 Å². The molecule has 0 saturated carbocycles. The van der Waals surface area contributed by atoms with Gasteiger partial charge >= 0.3 is 0 Å². The van der Waals surface area contributed by atoms with Crippen LogP contribution in [0.1, 0.15) is 28.2 Å². The molecule has 1 atom stereocenters. The number of anilines is 2. The summed E-state index contributed by atoms with van der Waals surface area (Å²) in [6.45, 7) is 0. The highest BCUT2D eigenvalue weighted by atomic mass is 35.5. The van der Waals surface area contributed by atoms with Gasteiger partial charge in [-0.05, 0) is 17.0 Å². The summed E-state index contributed by atoms with van der Waals surface area (Å²) < 4.78 is 6.28. The predicted molar refractivity (Wildman–Crippen MR) is 113 cm³/mol. The van der Waals surface area contributed by atoms with Gasteiger partial charge in [0.05, 0.1) is 11.3 Å². The number of nitrogens with one attached hydrogen (secondary N) is 1. The molecule has 1 aromatic heterocycles. The highest BCUT2D eigenvalue weighted by Gasteiger charge is 2.37. The Morgan fingerprint density at radius 1 is 0.966 bits per heavy atom. The molecule has 0 fully saturated rings. The number of nitrogens with zero attached hydrogens (tertiary/aromatic N) is 1. The zero-order chi connectivity index (χ0) is 20.1. The number of H-pyrrole nitrogens is 1. The molecule has 0 aliphatic carbocycles. The van der Waals surface area contributed by atoms with Gasteiger partial charge in [0.2, 0.25) is 0 Å². The van der Waals surface area contributed by atoms with Crippen molar-refractivity contribution in [2.45, 2.75) is 5.92 Å². The summed E-state index contributed by atoms with van der Waals surface area (Å²) in [6, 6.07) is 21.8. The number of halogens is 1. The molecule has 6 heteroatoms. The van der Waals surface area contributed by atoms with Crippen LogP contribution in [0.4, 0.5) is 11.5 Å². The maximum atomic E-state index is 9.55. The van der Waals surface area contributed by atoms with Gasteiger partial charge in [0.1, 0.15) is 11.8 Å². The van der Waals surface area contributed by atoms with Crippen LogP contribution in [0.2, 0.25) is 5.02 Å². The van der Waals surface area contributed by atoms with E-state index in [-0.39, 0.29) is 17.3 Å². The number of aromatic amines is 1. The lowest BCUT2D eigenvalue weighted by Crippen LogP contribution is -2.25. The summed E-state index contributed by atoms with van der Waals surface area (Å²) in [5.74, 6) is 1.01. The van der Waals surface area contributed by atoms with Crippen LogP contribution in [0.5, 0.6) is 11.6 Å². The summed E-state index contributed by atoms with van der Waals surface area (Å²) in [6.07, 6.45) is 0. The van der Waals surface area contributed by atoms with E-state index in [2.05, 4.69) is 17.1 Å². The second-order valence-corrected chi connectivity index (χ2v) is 7.35. The van der Waals surface area contributed by atoms with Crippen molar-refractivity contribution >= 4 is 33.9 Å². The van der Waals surface area contributed by atoms with E-state index in [1.807, 2.05) is 54.6 Å². The molecule has 0 unspecified atom stereocenters. The molecule has 4 aromatic rings. The Balaban J connectivity index is 1.90. The Morgan fingerprint density at radius 3 is 2.52 bits per heavy atom. The predicted octanol–water partition coefficient (Wildman–Crippen LogP) is 4.63. The number of hydrogen-bond donors (Lipinski definition) is 2. The number of nitrogens with two attached hydrogens (primary N) is 2. The standard InChI is InChI=1S/C23H15ClN4O/c24-17-8-4-3-7-14(17)18-15-10-9-12-5-1-2-6-13(12)21(15)29-23-19(18)20(26)16(11-25)22(27)28-23/h1-10,18H,(H4,26,27,28)/p+1/t18-/m0/s1. The first-order chi connectivity index (χ1) is 14.1. The Kier molecular flexibility index (Phi) is 3.83. The van der Waals surface area contributed by atoms with Crippen LogP contribution in [0.25, 0.3) is 10.8 Å². The summed E-state index contributed by atoms with van der Waals surface area (Å²) in [5, 5.41) is 12.2. The normalized spacial score (nSPS) is 14.6. The van der Waals surface area contributed by atoms with Gasteiger partial charge < -0.3 is 10.5 Å². The van der Waals surface area contributed by atoms with E-state index in [0.717, 1.165) is 27.6 Å². The van der Waals surface area contributed by atoms with Gasteiger partial charge in [-0.15, -0.1) is 0 Å². The molecule has 2 heterocycles. The van der Waals surface area contributed by atoms with Crippen LogP contribution in [0.3, 0.4) is 0 Å². The van der Waals surface area contributed by atoms with E-state index in [0.29, 0.717) is 22.2 Å². The van der Waals surface area contributed by atoms with E-state index in [1.165, 1.54) is 0 Å². The number of nitrogen functional groups attached to an aromatic ring is 2. The van der Waals surface area contributed by atoms with Gasteiger partial charge in [0, 0.05) is 21.9 Å². The summed E-state index contributed by atoms with van der Waals surface area (Å²) in [5.41, 5.74) is 15.4. The third-order valence-corrected chi connectivity index (χ3v) is 5.71. The Labute approximate surface area is 172 Å². The largest absolute Gasteiger partial charge is 0.422 e. The average molecular weight is 400 g/mol. The SMILES string of the molecule is N#Cc1c(N)[nH+]c2c(c1N)[C@@H](c1ccccc1Cl)c1ccc3ccccc3c1O2. The molecule has 5 rings (SSSR count). The van der Waals surface area contributed by atoms with Crippen LogP contribution in [0.15, 0.2) is 60.7 Å². The molecule has 0 amide bonds. The minimum absolute atomic E-state index is 0.172. The summed E-state index contributed by atoms with van der Waals surface area (Å²) in [7, 11) is 0. The molecule has 5 N–H and O–H groups in total. The van der Waals surface area contributed by atoms with Crippen molar-refractivity contribution in [1.82, 2.24) is 0 Å². The Morgan fingerprint density at radius 2 is 1.72 bits per heavy atom. The molecule has 1 aliphatic heterocycles. The quantitative estimate of drug-likeness (QED) is 0.429. The van der Waals surface area contributed by atoms with E-state index >= 15 is 0 Å². The van der Waals surface area contributed by atoms with E-state index < -0.39 is 0 Å². The average Bonchev–Trinajstić information content (AvgIpc) is 2.73. The molecule has 0 saturated heterocycles. The maximum Gasteiger partial charge on any atom is 0.294 e. The highest BCUT2D eigenvalue weighted by molar-refractivity contribution is 6.31. The summed E-state index contributed by atoms with van der Waals surface area (Å²) >= 11 is 6.58. The Hall–Kier alpha value is -3.75. The lowest BCUT2D eigenvalue weighted by Gasteiger charge is -2.29. The first-order valence-corrected chi connectivity index (χ1v) is 9.46. The van der Waals surface area contributed by atoms with Crippen molar-refractivity contribution in [1.29, 1.82) is 5.26 Å². The third-order valence-electron chi connectivity index (χ3n) is 5.36. The number of nitriles is 1. The van der Waals surface area contributed by atoms with Crippen molar-refractivity contribution in [3.05, 3.63) is 87.9 Å². The molecule has 29 heavy (non-hydrogen) atoms. The molecular weight excluding hydrogens is 384 g/mol. The fourth-order valence-electron chi connectivity index (χ4n) is 4.03. The number of benzene rings is 3. The molecule has 0 bridgehead atoms. The van der Waals surface area contributed by atoms with Crippen molar-refractivity contribution in [3.8, 4) is 17.7 Å². The van der Waals surface area contributed by atoms with Gasteiger partial charge in [-0.25, -0.2) is 4.98 Å². The number of fused-ring (bicyclic) bond motifs is 4. The summed E-state index contributed by atoms with van der Waals surface area (Å²) in [4.78, 5) is 3.02. The fraction of sp³-hybridized carbons (Fsp3) is 0.0435. The van der Waals surface area contributed by atoms with Crippen molar-refractivity contribution in [2.24, 2.45) is 0 Å². The molecule has 5 nitrogen and oxygen atoms in total. The zero-order valence-corrected chi connectivity index (χ0v) is 16.0. The first-order valence-electron chi connectivity index (χ1n) is 9.08. The fourth-order valence-corrected chi connectivity index (χ4v) is 4.28. The molecule has 0 radical (unpaired) electrons. The third kappa shape index (κ3) is 2.50. The second kappa shape index (κ2) is 6.40.